The van der Waals surface area contributed by atoms with Gasteiger partial charge in [-0.25, -0.2) is 4.57 Å². The standard InChI is InChI=1S/C55H101N2O6P/c1-6-8-10-12-14-16-18-20-22-23-24-25-26-27-28-29-30-31-32-33-35-37-39-41-43-45-47-49-55(59)56-53(52-63-64(60,61)62-51-50-57(3,4)5)54(58)48-46-44-42-40-38-36-34-21-19-17-15-13-11-9-7-2/h8,10,14,16,20,22,24-25,27-28,46,48,53-54,58H,6-7,9,11-13,15,17-19,21,23,26,29-45,47,49-52H2,1-5H3,(H-,56,59,60,61)/p+1/b10-8-,16-14-,22-20-,25-24-,28-27-,48-46+. The predicted octanol–water partition coefficient (Wildman–Crippen LogP) is 15.5. The van der Waals surface area contributed by atoms with Gasteiger partial charge in [0, 0.05) is 6.42 Å². The molecule has 372 valence electrons. The molecule has 3 unspecified atom stereocenters. The summed E-state index contributed by atoms with van der Waals surface area (Å²) in [5.41, 5.74) is 0. The van der Waals surface area contributed by atoms with Gasteiger partial charge >= 0.3 is 7.82 Å². The van der Waals surface area contributed by atoms with Crippen molar-refractivity contribution < 1.29 is 32.9 Å². The molecule has 1 amide bonds. The fourth-order valence-electron chi connectivity index (χ4n) is 7.30. The summed E-state index contributed by atoms with van der Waals surface area (Å²) in [6.45, 7) is 4.70. The molecule has 64 heavy (non-hydrogen) atoms. The number of likely N-dealkylation sites (N-methyl/N-ethyl adjacent to an activating group) is 1. The molecule has 0 saturated carbocycles. The zero-order chi connectivity index (χ0) is 47.1. The first-order chi connectivity index (χ1) is 31.0. The Kier molecular flexibility index (Phi) is 44.6. The Bertz CT molecular complexity index is 1270. The lowest BCUT2D eigenvalue weighted by Gasteiger charge is -2.25. The number of carbonyl (C=O) groups is 1. The Morgan fingerprint density at radius 1 is 0.547 bits per heavy atom. The number of nitrogens with zero attached hydrogens (tertiary/aromatic N) is 1. The van der Waals surface area contributed by atoms with Crippen LogP contribution in [0.2, 0.25) is 0 Å². The van der Waals surface area contributed by atoms with Crippen LogP contribution in [-0.4, -0.2) is 73.4 Å². The Labute approximate surface area is 395 Å². The average molecular weight is 918 g/mol. The fourth-order valence-corrected chi connectivity index (χ4v) is 8.04. The maximum absolute atomic E-state index is 12.9. The Balaban J connectivity index is 4.24. The molecular weight excluding hydrogens is 816 g/mol. The molecule has 0 aromatic heterocycles. The van der Waals surface area contributed by atoms with Crippen molar-refractivity contribution in [2.45, 2.75) is 231 Å². The van der Waals surface area contributed by atoms with Crippen LogP contribution in [0.3, 0.4) is 0 Å². The van der Waals surface area contributed by atoms with Crippen LogP contribution in [0.4, 0.5) is 0 Å². The molecule has 0 aromatic carbocycles. The number of aliphatic hydroxyl groups excluding tert-OH is 1. The first-order valence-corrected chi connectivity index (χ1v) is 27.8. The van der Waals surface area contributed by atoms with Crippen LogP contribution in [0, 0.1) is 0 Å². The van der Waals surface area contributed by atoms with Gasteiger partial charge in [-0.15, -0.1) is 0 Å². The summed E-state index contributed by atoms with van der Waals surface area (Å²) < 4.78 is 23.6. The SMILES string of the molecule is CC/C=C\C/C=C\C/C=C\C/C=C\C/C=C\CCCCCCCCCCCCCC(=O)NC(COP(=O)(O)OCC[N+](C)(C)C)C(O)/C=C/CCCCCCCCCCCCCCC. The van der Waals surface area contributed by atoms with Gasteiger partial charge in [-0.05, 0) is 64.2 Å². The number of rotatable bonds is 47. The van der Waals surface area contributed by atoms with Crippen LogP contribution in [-0.2, 0) is 18.4 Å². The molecule has 9 heteroatoms. The molecule has 0 heterocycles. The monoisotopic (exact) mass is 918 g/mol. The number of hydrogen-bond donors (Lipinski definition) is 3. The lowest BCUT2D eigenvalue weighted by molar-refractivity contribution is -0.870. The summed E-state index contributed by atoms with van der Waals surface area (Å²) in [4.78, 5) is 23.2. The van der Waals surface area contributed by atoms with E-state index in [1.807, 2.05) is 27.2 Å². The molecule has 0 radical (unpaired) electrons. The Morgan fingerprint density at radius 3 is 1.38 bits per heavy atom. The number of aliphatic hydroxyl groups is 1. The summed E-state index contributed by atoms with van der Waals surface area (Å²) >= 11 is 0. The van der Waals surface area contributed by atoms with Crippen LogP contribution in [0.25, 0.3) is 0 Å². The van der Waals surface area contributed by atoms with Gasteiger partial charge in [-0.3, -0.25) is 13.8 Å². The van der Waals surface area contributed by atoms with Crippen molar-refractivity contribution in [2.75, 3.05) is 40.9 Å². The topological polar surface area (TPSA) is 105 Å². The summed E-state index contributed by atoms with van der Waals surface area (Å²) in [5, 5.41) is 13.9. The lowest BCUT2D eigenvalue weighted by atomic mass is 10.0. The maximum Gasteiger partial charge on any atom is 0.472 e. The van der Waals surface area contributed by atoms with E-state index in [0.29, 0.717) is 17.4 Å². The molecule has 0 fully saturated rings. The number of amides is 1. The highest BCUT2D eigenvalue weighted by Gasteiger charge is 2.27. The van der Waals surface area contributed by atoms with Crippen molar-refractivity contribution in [2.24, 2.45) is 0 Å². The minimum atomic E-state index is -4.35. The molecule has 0 saturated heterocycles. The van der Waals surface area contributed by atoms with Gasteiger partial charge in [0.15, 0.2) is 0 Å². The zero-order valence-electron chi connectivity index (χ0n) is 42.3. The number of phosphoric acid groups is 1. The van der Waals surface area contributed by atoms with Crippen molar-refractivity contribution in [3.63, 3.8) is 0 Å². The average Bonchev–Trinajstić information content (AvgIpc) is 3.25. The van der Waals surface area contributed by atoms with Crippen LogP contribution in [0.5, 0.6) is 0 Å². The van der Waals surface area contributed by atoms with E-state index in [2.05, 4.69) is 79.9 Å². The normalized spacial score (nSPS) is 14.7. The van der Waals surface area contributed by atoms with Gasteiger partial charge in [0.05, 0.1) is 39.9 Å². The molecular formula is C55H102N2O6P+. The second kappa shape index (κ2) is 46.1. The number of allylic oxidation sites excluding steroid dienone is 11. The van der Waals surface area contributed by atoms with Gasteiger partial charge in [0.1, 0.15) is 13.2 Å². The third-order valence-electron chi connectivity index (χ3n) is 11.4. The van der Waals surface area contributed by atoms with E-state index in [0.717, 1.165) is 70.6 Å². The van der Waals surface area contributed by atoms with E-state index in [1.54, 1.807) is 6.08 Å². The fraction of sp³-hybridized carbons (Fsp3) is 0.764. The third-order valence-corrected chi connectivity index (χ3v) is 12.4. The highest BCUT2D eigenvalue weighted by molar-refractivity contribution is 7.47. The highest BCUT2D eigenvalue weighted by atomic mass is 31.2. The number of hydrogen-bond acceptors (Lipinski definition) is 5. The Hall–Kier alpha value is -2.06. The van der Waals surface area contributed by atoms with Gasteiger partial charge in [-0.1, -0.05) is 222 Å². The third kappa shape index (κ3) is 47.9. The van der Waals surface area contributed by atoms with E-state index < -0.39 is 20.0 Å². The second-order valence-corrected chi connectivity index (χ2v) is 20.3. The number of unbranched alkanes of at least 4 members (excludes halogenated alkanes) is 24. The van der Waals surface area contributed by atoms with Crippen molar-refractivity contribution in [3.8, 4) is 0 Å². The molecule has 0 spiro atoms. The summed E-state index contributed by atoms with van der Waals surface area (Å²) in [7, 11) is 1.56. The summed E-state index contributed by atoms with van der Waals surface area (Å²) in [6.07, 6.45) is 62.6. The maximum atomic E-state index is 12.9. The lowest BCUT2D eigenvalue weighted by Crippen LogP contribution is -2.45. The van der Waals surface area contributed by atoms with Gasteiger partial charge < -0.3 is 19.8 Å². The Morgan fingerprint density at radius 2 is 0.938 bits per heavy atom. The van der Waals surface area contributed by atoms with Crippen molar-refractivity contribution in [3.05, 3.63) is 72.9 Å². The summed E-state index contributed by atoms with van der Waals surface area (Å²) in [6, 6.07) is -0.851. The molecule has 0 bridgehead atoms. The van der Waals surface area contributed by atoms with Gasteiger partial charge in [-0.2, -0.15) is 0 Å². The van der Waals surface area contributed by atoms with Crippen LogP contribution in [0.1, 0.15) is 219 Å². The predicted molar refractivity (Wildman–Crippen MR) is 276 cm³/mol. The molecule has 0 rings (SSSR count). The molecule has 0 aromatic rings. The minimum Gasteiger partial charge on any atom is -0.387 e. The van der Waals surface area contributed by atoms with Crippen molar-refractivity contribution in [1.29, 1.82) is 0 Å². The first-order valence-electron chi connectivity index (χ1n) is 26.3. The van der Waals surface area contributed by atoms with Crippen LogP contribution >= 0.6 is 7.82 Å². The molecule has 8 nitrogen and oxygen atoms in total. The van der Waals surface area contributed by atoms with Crippen LogP contribution < -0.4 is 5.32 Å². The zero-order valence-corrected chi connectivity index (χ0v) is 43.1. The number of phosphoric ester groups is 1. The highest BCUT2D eigenvalue weighted by Crippen LogP contribution is 2.43. The number of quaternary nitrogens is 1. The van der Waals surface area contributed by atoms with Crippen LogP contribution in [0.15, 0.2) is 72.9 Å². The minimum absolute atomic E-state index is 0.0584. The van der Waals surface area contributed by atoms with E-state index in [4.69, 9.17) is 9.05 Å². The van der Waals surface area contributed by atoms with E-state index in [1.165, 1.54) is 128 Å². The van der Waals surface area contributed by atoms with Gasteiger partial charge in [0.2, 0.25) is 5.91 Å². The van der Waals surface area contributed by atoms with Crippen molar-refractivity contribution in [1.82, 2.24) is 5.32 Å². The quantitative estimate of drug-likeness (QED) is 0.0243. The molecule has 3 atom stereocenters. The summed E-state index contributed by atoms with van der Waals surface area (Å²) in [5.74, 6) is -0.183. The van der Waals surface area contributed by atoms with Crippen molar-refractivity contribution >= 4 is 13.7 Å². The second-order valence-electron chi connectivity index (χ2n) is 18.9. The van der Waals surface area contributed by atoms with E-state index in [-0.39, 0.29) is 19.1 Å². The molecule has 3 N–H and O–H groups in total. The molecule has 0 aliphatic carbocycles. The van der Waals surface area contributed by atoms with Gasteiger partial charge in [0.25, 0.3) is 0 Å². The smallest absolute Gasteiger partial charge is 0.387 e. The van der Waals surface area contributed by atoms with E-state index in [9.17, 15) is 19.4 Å². The largest absolute Gasteiger partial charge is 0.472 e. The van der Waals surface area contributed by atoms with E-state index >= 15 is 0 Å². The molecule has 0 aliphatic heterocycles. The first kappa shape index (κ1) is 61.9. The number of carbonyl (C=O) groups excluding carboxylic acids is 1. The number of nitrogens with one attached hydrogen (secondary N) is 1. The molecule has 0 aliphatic rings.